The Kier molecular flexibility index (Phi) is 8.41. The molecule has 1 unspecified atom stereocenters. The number of nitrogens with one attached hydrogen (secondary N) is 1. The quantitative estimate of drug-likeness (QED) is 0.598. The maximum Gasteiger partial charge on any atom is 0.261 e. The molecule has 0 fully saturated rings. The van der Waals surface area contributed by atoms with Crippen LogP contribution in [0.25, 0.3) is 0 Å². The van der Waals surface area contributed by atoms with Gasteiger partial charge in [0.05, 0.1) is 0 Å². The number of hydrogen-bond acceptors (Lipinski definition) is 3. The van der Waals surface area contributed by atoms with Crippen molar-refractivity contribution in [1.29, 1.82) is 0 Å². The highest BCUT2D eigenvalue weighted by Gasteiger charge is 2.30. The average molecular weight is 479 g/mol. The van der Waals surface area contributed by atoms with Gasteiger partial charge in [0, 0.05) is 16.6 Å². The summed E-state index contributed by atoms with van der Waals surface area (Å²) < 4.78 is 19.8. The zero-order valence-electron chi connectivity index (χ0n) is 17.7. The minimum Gasteiger partial charge on any atom is -0.484 e. The second-order valence-electron chi connectivity index (χ2n) is 8.05. The normalized spacial score (nSPS) is 12.2. The van der Waals surface area contributed by atoms with Crippen molar-refractivity contribution in [3.05, 3.63) is 64.4 Å². The molecule has 0 aromatic heterocycles. The van der Waals surface area contributed by atoms with Crippen LogP contribution in [0.1, 0.15) is 39.7 Å². The van der Waals surface area contributed by atoms with Crippen LogP contribution in [0.4, 0.5) is 4.39 Å². The number of carbonyl (C=O) groups excluding carboxylic acids is 2. The van der Waals surface area contributed by atoms with Gasteiger partial charge < -0.3 is 15.0 Å². The summed E-state index contributed by atoms with van der Waals surface area (Å²) in [6.45, 7) is 7.50. The highest BCUT2D eigenvalue weighted by molar-refractivity contribution is 9.10. The fourth-order valence-corrected chi connectivity index (χ4v) is 3.18. The van der Waals surface area contributed by atoms with Crippen LogP contribution in [-0.2, 0) is 16.1 Å². The lowest BCUT2D eigenvalue weighted by atomic mass is 10.1. The minimum absolute atomic E-state index is 0.179. The van der Waals surface area contributed by atoms with E-state index in [1.807, 2.05) is 39.8 Å². The lowest BCUT2D eigenvalue weighted by molar-refractivity contribution is -0.143. The van der Waals surface area contributed by atoms with Crippen LogP contribution >= 0.6 is 15.9 Å². The fourth-order valence-electron chi connectivity index (χ4n) is 2.92. The molecule has 1 N–H and O–H groups in total. The van der Waals surface area contributed by atoms with Crippen molar-refractivity contribution in [1.82, 2.24) is 10.2 Å². The lowest BCUT2D eigenvalue weighted by Gasteiger charge is -2.33. The monoisotopic (exact) mass is 478 g/mol. The van der Waals surface area contributed by atoms with Gasteiger partial charge in [-0.05, 0) is 69.2 Å². The highest BCUT2D eigenvalue weighted by atomic mass is 79.9. The molecule has 5 nitrogen and oxygen atoms in total. The molecule has 0 aliphatic heterocycles. The summed E-state index contributed by atoms with van der Waals surface area (Å²) in [6.07, 6.45) is 0.438. The van der Waals surface area contributed by atoms with E-state index >= 15 is 0 Å². The first-order valence-corrected chi connectivity index (χ1v) is 10.6. The standard InChI is InChI=1S/C23H28BrFN2O3/c1-5-20(22(29)26-23(2,3)4)27(14-16-6-10-18(25)11-7-16)21(28)15-30-19-12-8-17(24)9-13-19/h6-13,20H,5,14-15H2,1-4H3,(H,26,29). The molecule has 0 spiro atoms. The molecule has 0 aliphatic rings. The van der Waals surface area contributed by atoms with Crippen LogP contribution in [-0.4, -0.2) is 34.9 Å². The molecule has 2 aromatic carbocycles. The molecular formula is C23H28BrFN2O3. The van der Waals surface area contributed by atoms with E-state index in [1.54, 1.807) is 24.3 Å². The van der Waals surface area contributed by atoms with Crippen LogP contribution in [0, 0.1) is 5.82 Å². The molecule has 0 aliphatic carbocycles. The smallest absolute Gasteiger partial charge is 0.261 e. The molecule has 2 amide bonds. The van der Waals surface area contributed by atoms with E-state index in [0.29, 0.717) is 12.2 Å². The van der Waals surface area contributed by atoms with Crippen molar-refractivity contribution in [2.75, 3.05) is 6.61 Å². The zero-order chi connectivity index (χ0) is 22.3. The second kappa shape index (κ2) is 10.6. The third kappa shape index (κ3) is 7.44. The molecule has 2 aromatic rings. The molecule has 1 atom stereocenters. The Bertz CT molecular complexity index is 848. The van der Waals surface area contributed by atoms with Gasteiger partial charge in [-0.2, -0.15) is 0 Å². The molecule has 30 heavy (non-hydrogen) atoms. The van der Waals surface area contributed by atoms with Gasteiger partial charge in [0.25, 0.3) is 5.91 Å². The third-order valence-corrected chi connectivity index (χ3v) is 4.85. The first kappa shape index (κ1) is 23.9. The number of ether oxygens (including phenoxy) is 1. The van der Waals surface area contributed by atoms with Gasteiger partial charge in [-0.3, -0.25) is 9.59 Å². The maximum atomic E-state index is 13.3. The van der Waals surface area contributed by atoms with E-state index in [-0.39, 0.29) is 30.8 Å². The second-order valence-corrected chi connectivity index (χ2v) is 8.97. The first-order valence-electron chi connectivity index (χ1n) is 9.83. The van der Waals surface area contributed by atoms with E-state index in [9.17, 15) is 14.0 Å². The van der Waals surface area contributed by atoms with Crippen molar-refractivity contribution in [2.24, 2.45) is 0 Å². The van der Waals surface area contributed by atoms with E-state index in [4.69, 9.17) is 4.74 Å². The maximum absolute atomic E-state index is 13.3. The molecule has 162 valence electrons. The van der Waals surface area contributed by atoms with Crippen LogP contribution < -0.4 is 10.1 Å². The molecule has 0 bridgehead atoms. The van der Waals surface area contributed by atoms with E-state index in [2.05, 4.69) is 21.2 Å². The van der Waals surface area contributed by atoms with Crippen molar-refractivity contribution in [3.8, 4) is 5.75 Å². The Morgan fingerprint density at radius 1 is 1.10 bits per heavy atom. The largest absolute Gasteiger partial charge is 0.484 e. The molecule has 0 saturated heterocycles. The zero-order valence-corrected chi connectivity index (χ0v) is 19.3. The Balaban J connectivity index is 2.21. The van der Waals surface area contributed by atoms with Crippen LogP contribution in [0.15, 0.2) is 53.0 Å². The summed E-state index contributed by atoms with van der Waals surface area (Å²) in [6, 6.07) is 12.4. The summed E-state index contributed by atoms with van der Waals surface area (Å²) in [5.74, 6) is -0.351. The number of halogens is 2. The highest BCUT2D eigenvalue weighted by Crippen LogP contribution is 2.18. The van der Waals surface area contributed by atoms with Crippen LogP contribution in [0.3, 0.4) is 0 Å². The molecule has 0 saturated carbocycles. The SMILES string of the molecule is CCC(C(=O)NC(C)(C)C)N(Cc1ccc(F)cc1)C(=O)COc1ccc(Br)cc1. The van der Waals surface area contributed by atoms with Crippen molar-refractivity contribution in [2.45, 2.75) is 52.2 Å². The summed E-state index contributed by atoms with van der Waals surface area (Å²) in [5.41, 5.74) is 0.304. The van der Waals surface area contributed by atoms with Crippen LogP contribution in [0.2, 0.25) is 0 Å². The van der Waals surface area contributed by atoms with E-state index in [0.717, 1.165) is 10.0 Å². The summed E-state index contributed by atoms with van der Waals surface area (Å²) in [4.78, 5) is 27.4. The predicted molar refractivity (Wildman–Crippen MR) is 119 cm³/mol. The fraction of sp³-hybridized carbons (Fsp3) is 0.391. The molecule has 7 heteroatoms. The van der Waals surface area contributed by atoms with E-state index in [1.165, 1.54) is 17.0 Å². The molecule has 0 heterocycles. The number of benzene rings is 2. The molecule has 2 rings (SSSR count). The predicted octanol–water partition coefficient (Wildman–Crippen LogP) is 4.69. The third-order valence-electron chi connectivity index (χ3n) is 4.33. The number of amides is 2. The van der Waals surface area contributed by atoms with Gasteiger partial charge in [-0.1, -0.05) is 35.0 Å². The Morgan fingerprint density at radius 3 is 2.23 bits per heavy atom. The summed E-state index contributed by atoms with van der Waals surface area (Å²) in [5, 5.41) is 2.94. The van der Waals surface area contributed by atoms with Gasteiger partial charge >= 0.3 is 0 Å². The number of hydrogen-bond donors (Lipinski definition) is 1. The summed E-state index contributed by atoms with van der Waals surface area (Å²) >= 11 is 3.36. The number of rotatable bonds is 8. The topological polar surface area (TPSA) is 58.6 Å². The Morgan fingerprint density at radius 2 is 1.70 bits per heavy atom. The summed E-state index contributed by atoms with van der Waals surface area (Å²) in [7, 11) is 0. The van der Waals surface area contributed by atoms with Crippen LogP contribution in [0.5, 0.6) is 5.75 Å². The Hall–Kier alpha value is -2.41. The van der Waals surface area contributed by atoms with Gasteiger partial charge in [-0.25, -0.2) is 4.39 Å². The Labute approximate surface area is 185 Å². The minimum atomic E-state index is -0.671. The molecule has 0 radical (unpaired) electrons. The first-order chi connectivity index (χ1) is 14.1. The van der Waals surface area contributed by atoms with Gasteiger partial charge in [0.2, 0.25) is 5.91 Å². The van der Waals surface area contributed by atoms with Crippen molar-refractivity contribution < 1.29 is 18.7 Å². The van der Waals surface area contributed by atoms with E-state index < -0.39 is 11.6 Å². The lowest BCUT2D eigenvalue weighted by Crippen LogP contribution is -2.54. The number of nitrogens with zero attached hydrogens (tertiary/aromatic N) is 1. The number of carbonyl (C=O) groups is 2. The average Bonchev–Trinajstić information content (AvgIpc) is 2.67. The van der Waals surface area contributed by atoms with Crippen molar-refractivity contribution >= 4 is 27.7 Å². The molecular weight excluding hydrogens is 451 g/mol. The van der Waals surface area contributed by atoms with Crippen molar-refractivity contribution in [3.63, 3.8) is 0 Å². The van der Waals surface area contributed by atoms with Gasteiger partial charge in [-0.15, -0.1) is 0 Å². The van der Waals surface area contributed by atoms with Gasteiger partial charge in [0.1, 0.15) is 17.6 Å². The van der Waals surface area contributed by atoms with Gasteiger partial charge in [0.15, 0.2) is 6.61 Å².